The number of nitrogens with one attached hydrogen (secondary N) is 1. The van der Waals surface area contributed by atoms with Crippen LogP contribution in [0.25, 0.3) is 0 Å². The molecule has 2 aromatic rings. The van der Waals surface area contributed by atoms with Crippen LogP contribution in [0.4, 0.5) is 19.0 Å². The quantitative estimate of drug-likeness (QED) is 0.870. The van der Waals surface area contributed by atoms with Gasteiger partial charge in [0.25, 0.3) is 0 Å². The van der Waals surface area contributed by atoms with Gasteiger partial charge in [-0.2, -0.15) is 13.2 Å². The average Bonchev–Trinajstić information content (AvgIpc) is 2.50. The molecule has 1 aliphatic rings. The molecule has 1 fully saturated rings. The molecule has 2 heterocycles. The van der Waals surface area contributed by atoms with Gasteiger partial charge in [-0.15, -0.1) is 0 Å². The molecule has 0 amide bonds. The van der Waals surface area contributed by atoms with Crippen molar-refractivity contribution in [1.29, 1.82) is 0 Å². The van der Waals surface area contributed by atoms with E-state index in [1.165, 1.54) is 12.1 Å². The number of nitrogens with zero attached hydrogens (tertiary/aromatic N) is 2. The number of hydrogen-bond acceptors (Lipinski definition) is 4. The topological polar surface area (TPSA) is 62.3 Å². The largest absolute Gasteiger partial charge is 0.416 e. The van der Waals surface area contributed by atoms with Crippen molar-refractivity contribution in [2.24, 2.45) is 0 Å². The van der Waals surface area contributed by atoms with Gasteiger partial charge in [-0.3, -0.25) is 0 Å². The minimum Gasteiger partial charge on any atom is -0.353 e. The van der Waals surface area contributed by atoms with Gasteiger partial charge >= 0.3 is 6.18 Å². The minimum atomic E-state index is -4.45. The molecule has 25 heavy (non-hydrogen) atoms. The van der Waals surface area contributed by atoms with E-state index in [9.17, 15) is 21.6 Å². The maximum absolute atomic E-state index is 12.7. The Balaban J connectivity index is 1.66. The van der Waals surface area contributed by atoms with Crippen LogP contribution in [0.5, 0.6) is 0 Å². The van der Waals surface area contributed by atoms with Crippen LogP contribution in [-0.2, 0) is 16.2 Å². The van der Waals surface area contributed by atoms with Crippen LogP contribution in [0, 0.1) is 0 Å². The van der Waals surface area contributed by atoms with Gasteiger partial charge in [-0.1, -0.05) is 23.7 Å². The molecular formula is C15H13ClF3N3O2S. The number of rotatable bonds is 4. The predicted octanol–water partition coefficient (Wildman–Crippen LogP) is 2.92. The van der Waals surface area contributed by atoms with Crippen molar-refractivity contribution in [2.75, 3.05) is 18.0 Å². The Bertz CT molecular complexity index is 884. The van der Waals surface area contributed by atoms with E-state index in [1.54, 1.807) is 17.0 Å². The molecule has 0 spiro atoms. The third-order valence-electron chi connectivity index (χ3n) is 3.73. The number of pyridine rings is 1. The molecule has 0 radical (unpaired) electrons. The highest BCUT2D eigenvalue weighted by molar-refractivity contribution is 7.89. The van der Waals surface area contributed by atoms with Gasteiger partial charge in [0.2, 0.25) is 10.0 Å². The maximum atomic E-state index is 12.7. The van der Waals surface area contributed by atoms with E-state index in [2.05, 4.69) is 9.71 Å². The minimum absolute atomic E-state index is 0.0349. The molecular weight excluding hydrogens is 379 g/mol. The lowest BCUT2D eigenvalue weighted by Gasteiger charge is -2.40. The summed E-state index contributed by atoms with van der Waals surface area (Å²) in [6, 6.07) is 7.43. The third-order valence-corrected chi connectivity index (χ3v) is 5.75. The Hall–Kier alpha value is -1.84. The zero-order valence-corrected chi connectivity index (χ0v) is 14.2. The van der Waals surface area contributed by atoms with Crippen molar-refractivity contribution >= 4 is 27.4 Å². The SMILES string of the molecule is O=S(=O)(NC1CN(c2cc(C(F)(F)F)ccn2)C1)c1ccccc1Cl. The van der Waals surface area contributed by atoms with Crippen molar-refractivity contribution in [2.45, 2.75) is 17.1 Å². The van der Waals surface area contributed by atoms with Crippen molar-refractivity contribution in [1.82, 2.24) is 9.71 Å². The first-order chi connectivity index (χ1) is 11.7. The molecule has 1 aromatic carbocycles. The van der Waals surface area contributed by atoms with E-state index in [4.69, 9.17) is 11.6 Å². The highest BCUT2D eigenvalue weighted by atomic mass is 35.5. The van der Waals surface area contributed by atoms with E-state index in [0.29, 0.717) is 0 Å². The Labute approximate surface area is 147 Å². The van der Waals surface area contributed by atoms with Crippen molar-refractivity contribution in [3.63, 3.8) is 0 Å². The second-order valence-electron chi connectivity index (χ2n) is 5.55. The van der Waals surface area contributed by atoms with Crippen LogP contribution < -0.4 is 9.62 Å². The smallest absolute Gasteiger partial charge is 0.353 e. The Morgan fingerprint density at radius 1 is 1.20 bits per heavy atom. The molecule has 1 aromatic heterocycles. The number of benzene rings is 1. The van der Waals surface area contributed by atoms with Crippen LogP contribution >= 0.6 is 11.6 Å². The Kier molecular flexibility index (Phi) is 4.65. The second-order valence-corrected chi connectivity index (χ2v) is 7.64. The van der Waals surface area contributed by atoms with Crippen LogP contribution in [0.2, 0.25) is 5.02 Å². The van der Waals surface area contributed by atoms with Gasteiger partial charge < -0.3 is 4.90 Å². The van der Waals surface area contributed by atoms with Crippen LogP contribution in [0.3, 0.4) is 0 Å². The summed E-state index contributed by atoms with van der Waals surface area (Å²) in [6.45, 7) is 0.440. The molecule has 0 aliphatic carbocycles. The molecule has 3 rings (SSSR count). The fourth-order valence-corrected chi connectivity index (χ4v) is 4.19. The normalized spacial score (nSPS) is 15.9. The van der Waals surface area contributed by atoms with E-state index in [0.717, 1.165) is 18.3 Å². The molecule has 10 heteroatoms. The first-order valence-electron chi connectivity index (χ1n) is 7.22. The zero-order chi connectivity index (χ0) is 18.2. The van der Waals surface area contributed by atoms with Crippen molar-refractivity contribution in [3.05, 3.63) is 53.2 Å². The molecule has 0 bridgehead atoms. The van der Waals surface area contributed by atoms with E-state index in [1.807, 2.05) is 0 Å². The standard InChI is InChI=1S/C15H13ClF3N3O2S/c16-12-3-1-2-4-13(12)25(23,24)21-11-8-22(9-11)14-7-10(5-6-20-14)15(17,18)19/h1-7,11,21H,8-9H2. The first kappa shape index (κ1) is 18.0. The van der Waals surface area contributed by atoms with Crippen molar-refractivity contribution in [3.8, 4) is 0 Å². The lowest BCUT2D eigenvalue weighted by molar-refractivity contribution is -0.137. The molecule has 1 aliphatic heterocycles. The molecule has 0 unspecified atom stereocenters. The summed E-state index contributed by atoms with van der Waals surface area (Å²) < 4.78 is 65.3. The van der Waals surface area contributed by atoms with Crippen molar-refractivity contribution < 1.29 is 21.6 Å². The van der Waals surface area contributed by atoms with Gasteiger partial charge in [0.05, 0.1) is 16.6 Å². The number of hydrogen-bond donors (Lipinski definition) is 1. The molecule has 1 N–H and O–H groups in total. The first-order valence-corrected chi connectivity index (χ1v) is 9.08. The van der Waals surface area contributed by atoms with Crippen LogP contribution in [0.1, 0.15) is 5.56 Å². The number of anilines is 1. The Morgan fingerprint density at radius 3 is 2.52 bits per heavy atom. The summed E-state index contributed by atoms with van der Waals surface area (Å²) in [7, 11) is -3.80. The summed E-state index contributed by atoms with van der Waals surface area (Å²) in [6.07, 6.45) is -3.37. The number of halogens is 4. The average molecular weight is 392 g/mol. The van der Waals surface area contributed by atoms with Gasteiger partial charge in [0.1, 0.15) is 10.7 Å². The zero-order valence-electron chi connectivity index (χ0n) is 12.7. The number of sulfonamides is 1. The molecule has 5 nitrogen and oxygen atoms in total. The number of alkyl halides is 3. The lowest BCUT2D eigenvalue weighted by Crippen LogP contribution is -2.59. The van der Waals surface area contributed by atoms with Gasteiger partial charge in [-0.05, 0) is 24.3 Å². The third kappa shape index (κ3) is 3.88. The summed E-state index contributed by atoms with van der Waals surface area (Å²) in [4.78, 5) is 5.44. The highest BCUT2D eigenvalue weighted by Gasteiger charge is 2.35. The summed E-state index contributed by atoms with van der Waals surface area (Å²) in [5.41, 5.74) is -0.794. The predicted molar refractivity (Wildman–Crippen MR) is 87.0 cm³/mol. The van der Waals surface area contributed by atoms with Crippen LogP contribution in [-0.4, -0.2) is 32.5 Å². The van der Waals surface area contributed by atoms with Gasteiger partial charge in [0, 0.05) is 19.3 Å². The van der Waals surface area contributed by atoms with E-state index >= 15 is 0 Å². The van der Waals surface area contributed by atoms with E-state index in [-0.39, 0.29) is 28.8 Å². The summed E-state index contributed by atoms with van der Waals surface area (Å²) >= 11 is 5.89. The van der Waals surface area contributed by atoms with Gasteiger partial charge in [0.15, 0.2) is 0 Å². The Morgan fingerprint density at radius 2 is 1.88 bits per heavy atom. The fraction of sp³-hybridized carbons (Fsp3) is 0.267. The summed E-state index contributed by atoms with van der Waals surface area (Å²) in [5, 5.41) is 0.103. The molecule has 0 saturated carbocycles. The summed E-state index contributed by atoms with van der Waals surface area (Å²) in [5.74, 6) is 0.156. The molecule has 1 saturated heterocycles. The van der Waals surface area contributed by atoms with Crippen LogP contribution in [0.15, 0.2) is 47.5 Å². The maximum Gasteiger partial charge on any atom is 0.416 e. The highest BCUT2D eigenvalue weighted by Crippen LogP contribution is 2.31. The second kappa shape index (κ2) is 6.47. The lowest BCUT2D eigenvalue weighted by atomic mass is 10.1. The number of aromatic nitrogens is 1. The molecule has 134 valence electrons. The monoisotopic (exact) mass is 391 g/mol. The van der Waals surface area contributed by atoms with Gasteiger partial charge in [-0.25, -0.2) is 18.1 Å². The fourth-order valence-electron chi connectivity index (χ4n) is 2.45. The molecule has 0 atom stereocenters. The van der Waals surface area contributed by atoms with E-state index < -0.39 is 27.8 Å².